The van der Waals surface area contributed by atoms with Gasteiger partial charge < -0.3 is 10.6 Å². The second-order valence-electron chi connectivity index (χ2n) is 4.74. The van der Waals surface area contributed by atoms with Crippen LogP contribution in [0.3, 0.4) is 0 Å². The molecule has 1 heterocycles. The van der Waals surface area contributed by atoms with E-state index in [-0.39, 0.29) is 0 Å². The van der Waals surface area contributed by atoms with Gasteiger partial charge in [-0.3, -0.25) is 0 Å². The first kappa shape index (κ1) is 12.1. The number of benzene rings is 2. The topological polar surface area (TPSA) is 29.3 Å². The van der Waals surface area contributed by atoms with Crippen molar-refractivity contribution in [2.75, 3.05) is 17.7 Å². The molecule has 0 unspecified atom stereocenters. The van der Waals surface area contributed by atoms with Gasteiger partial charge in [-0.1, -0.05) is 24.3 Å². The summed E-state index contributed by atoms with van der Waals surface area (Å²) in [7, 11) is 2.06. The van der Waals surface area contributed by atoms with Crippen molar-refractivity contribution in [2.45, 2.75) is 6.92 Å². The van der Waals surface area contributed by atoms with Gasteiger partial charge in [0.15, 0.2) is 0 Å². The van der Waals surface area contributed by atoms with Crippen molar-refractivity contribution in [3.63, 3.8) is 0 Å². The minimum absolute atomic E-state index is 0.817. The molecule has 0 aliphatic rings. The van der Waals surface area contributed by atoms with Crippen LogP contribution < -0.4 is 10.6 Å². The van der Waals surface area contributed by atoms with Crippen LogP contribution in [-0.2, 0) is 0 Å². The summed E-state index contributed by atoms with van der Waals surface area (Å²) in [6.45, 7) is 2.06. The third-order valence-corrected chi connectivity index (χ3v) is 4.32. The van der Waals surface area contributed by atoms with Gasteiger partial charge in [-0.25, -0.2) is 0 Å². The van der Waals surface area contributed by atoms with Crippen LogP contribution in [0.25, 0.3) is 10.1 Å². The van der Waals surface area contributed by atoms with Crippen molar-refractivity contribution in [3.8, 4) is 0 Å². The Morgan fingerprint density at radius 2 is 1.84 bits per heavy atom. The van der Waals surface area contributed by atoms with E-state index >= 15 is 0 Å². The first-order chi connectivity index (χ1) is 9.16. The smallest absolute Gasteiger partial charge is 0.0642 e. The molecule has 3 rings (SSSR count). The van der Waals surface area contributed by atoms with E-state index in [1.807, 2.05) is 6.07 Å². The number of hydrogen-bond acceptors (Lipinski definition) is 3. The average Bonchev–Trinajstić information content (AvgIpc) is 2.82. The molecule has 1 aromatic heterocycles. The molecule has 2 N–H and O–H groups in total. The van der Waals surface area contributed by atoms with Crippen LogP contribution in [0.4, 0.5) is 17.1 Å². The summed E-state index contributed by atoms with van der Waals surface area (Å²) < 4.78 is 1.30. The molecule has 3 aromatic rings. The van der Waals surface area contributed by atoms with Crippen LogP contribution in [0.15, 0.2) is 47.8 Å². The van der Waals surface area contributed by atoms with Gasteiger partial charge in [0.25, 0.3) is 0 Å². The van der Waals surface area contributed by atoms with E-state index < -0.39 is 0 Å². The third-order valence-electron chi connectivity index (χ3n) is 3.37. The minimum Gasteiger partial charge on any atom is -0.397 e. The lowest BCUT2D eigenvalue weighted by atomic mass is 10.1. The number of anilines is 3. The normalized spacial score (nSPS) is 10.8. The van der Waals surface area contributed by atoms with Crippen molar-refractivity contribution in [2.24, 2.45) is 0 Å². The number of rotatable bonds is 2. The molecule has 0 saturated heterocycles. The van der Waals surface area contributed by atoms with Crippen LogP contribution in [0.5, 0.6) is 0 Å². The Hall–Kier alpha value is -2.00. The second kappa shape index (κ2) is 4.59. The number of nitrogens with zero attached hydrogens (tertiary/aromatic N) is 1. The summed E-state index contributed by atoms with van der Waals surface area (Å²) in [5, 5.41) is 3.46. The van der Waals surface area contributed by atoms with Gasteiger partial charge in [-0.15, -0.1) is 11.3 Å². The molecule has 0 aliphatic carbocycles. The molecular formula is C16H16N2S. The summed E-state index contributed by atoms with van der Waals surface area (Å²) in [5.74, 6) is 0. The van der Waals surface area contributed by atoms with Gasteiger partial charge in [0.1, 0.15) is 0 Å². The molecule has 0 atom stereocenters. The molecule has 0 fully saturated rings. The summed E-state index contributed by atoms with van der Waals surface area (Å²) in [4.78, 5) is 2.16. The standard InChI is InChI=1S/C16H16N2S/c1-11-7-8-14(13(17)9-11)18(2)15-10-19-16-6-4-3-5-12(15)16/h3-10H,17H2,1-2H3. The van der Waals surface area contributed by atoms with E-state index in [9.17, 15) is 0 Å². The van der Waals surface area contributed by atoms with Crippen LogP contribution in [-0.4, -0.2) is 7.05 Å². The Bertz CT molecular complexity index is 730. The highest BCUT2D eigenvalue weighted by Gasteiger charge is 2.12. The predicted molar refractivity (Wildman–Crippen MR) is 85.5 cm³/mol. The van der Waals surface area contributed by atoms with Crippen LogP contribution in [0.2, 0.25) is 0 Å². The molecule has 19 heavy (non-hydrogen) atoms. The van der Waals surface area contributed by atoms with Crippen molar-refractivity contribution in [1.29, 1.82) is 0 Å². The molecule has 96 valence electrons. The highest BCUT2D eigenvalue weighted by molar-refractivity contribution is 7.17. The van der Waals surface area contributed by atoms with E-state index in [1.165, 1.54) is 21.3 Å². The van der Waals surface area contributed by atoms with Crippen molar-refractivity contribution >= 4 is 38.5 Å². The lowest BCUT2D eigenvalue weighted by Gasteiger charge is -2.21. The number of hydrogen-bond donors (Lipinski definition) is 1. The van der Waals surface area contributed by atoms with Gasteiger partial charge >= 0.3 is 0 Å². The van der Waals surface area contributed by atoms with Crippen LogP contribution >= 0.6 is 11.3 Å². The van der Waals surface area contributed by atoms with Gasteiger partial charge in [0.2, 0.25) is 0 Å². The first-order valence-corrected chi connectivity index (χ1v) is 7.11. The van der Waals surface area contributed by atoms with Crippen LogP contribution in [0, 0.1) is 6.92 Å². The lowest BCUT2D eigenvalue weighted by molar-refractivity contribution is 1.23. The molecule has 0 spiro atoms. The number of aryl methyl sites for hydroxylation is 1. The first-order valence-electron chi connectivity index (χ1n) is 6.23. The maximum atomic E-state index is 6.13. The maximum absolute atomic E-state index is 6.13. The van der Waals surface area contributed by atoms with E-state index in [1.54, 1.807) is 11.3 Å². The third kappa shape index (κ3) is 2.06. The summed E-state index contributed by atoms with van der Waals surface area (Å²) in [5.41, 5.74) is 10.4. The molecule has 0 saturated carbocycles. The fourth-order valence-corrected chi connectivity index (χ4v) is 3.31. The summed E-state index contributed by atoms with van der Waals surface area (Å²) in [6, 6.07) is 14.6. The van der Waals surface area contributed by atoms with E-state index in [2.05, 4.69) is 60.6 Å². The number of fused-ring (bicyclic) bond motifs is 1. The Morgan fingerprint density at radius 3 is 2.63 bits per heavy atom. The fraction of sp³-hybridized carbons (Fsp3) is 0.125. The highest BCUT2D eigenvalue weighted by atomic mass is 32.1. The van der Waals surface area contributed by atoms with E-state index in [0.717, 1.165) is 11.4 Å². The molecule has 0 radical (unpaired) electrons. The largest absolute Gasteiger partial charge is 0.397 e. The maximum Gasteiger partial charge on any atom is 0.0642 e. The lowest BCUT2D eigenvalue weighted by Crippen LogP contribution is -2.11. The highest BCUT2D eigenvalue weighted by Crippen LogP contribution is 2.37. The quantitative estimate of drug-likeness (QED) is 0.690. The zero-order valence-electron chi connectivity index (χ0n) is 11.1. The second-order valence-corrected chi connectivity index (χ2v) is 5.65. The zero-order valence-corrected chi connectivity index (χ0v) is 11.9. The number of nitrogen functional groups attached to an aromatic ring is 1. The zero-order chi connectivity index (χ0) is 13.4. The van der Waals surface area contributed by atoms with E-state index in [4.69, 9.17) is 5.73 Å². The molecular weight excluding hydrogens is 252 g/mol. The number of nitrogens with two attached hydrogens (primary N) is 1. The molecule has 2 nitrogen and oxygen atoms in total. The summed E-state index contributed by atoms with van der Waals surface area (Å²) >= 11 is 1.76. The SMILES string of the molecule is Cc1ccc(N(C)c2csc3ccccc23)c(N)c1. The van der Waals surface area contributed by atoms with Gasteiger partial charge in [-0.2, -0.15) is 0 Å². The number of thiophene rings is 1. The monoisotopic (exact) mass is 268 g/mol. The van der Waals surface area contributed by atoms with Crippen molar-refractivity contribution in [1.82, 2.24) is 0 Å². The molecule has 0 amide bonds. The molecule has 0 bridgehead atoms. The summed E-state index contributed by atoms with van der Waals surface area (Å²) in [6.07, 6.45) is 0. The van der Waals surface area contributed by atoms with Crippen molar-refractivity contribution in [3.05, 3.63) is 53.4 Å². The Kier molecular flexibility index (Phi) is 2.91. The fourth-order valence-electron chi connectivity index (χ4n) is 2.33. The van der Waals surface area contributed by atoms with Crippen LogP contribution in [0.1, 0.15) is 5.56 Å². The minimum atomic E-state index is 0.817. The van der Waals surface area contributed by atoms with Gasteiger partial charge in [-0.05, 0) is 30.7 Å². The Labute approximate surface area is 117 Å². The Balaban J connectivity index is 2.10. The van der Waals surface area contributed by atoms with Crippen molar-refractivity contribution < 1.29 is 0 Å². The molecule has 0 aliphatic heterocycles. The Morgan fingerprint density at radius 1 is 1.05 bits per heavy atom. The molecule has 2 aromatic carbocycles. The predicted octanol–water partition coefficient (Wildman–Crippen LogP) is 4.56. The van der Waals surface area contributed by atoms with E-state index in [0.29, 0.717) is 0 Å². The van der Waals surface area contributed by atoms with Gasteiger partial charge in [0.05, 0.1) is 17.1 Å². The van der Waals surface area contributed by atoms with Gasteiger partial charge in [0, 0.05) is 22.5 Å². The molecule has 3 heteroatoms. The average molecular weight is 268 g/mol.